The smallest absolute Gasteiger partial charge is 0.225 e. The van der Waals surface area contributed by atoms with Crippen LogP contribution in [0.2, 0.25) is 0 Å². The molecule has 1 aliphatic carbocycles. The number of hydrogen-bond donors (Lipinski definition) is 2. The first kappa shape index (κ1) is 20.1. The molecule has 2 aromatic rings. The van der Waals surface area contributed by atoms with Gasteiger partial charge in [0.25, 0.3) is 0 Å². The monoisotopic (exact) mass is 422 g/mol. The number of carbonyl (C=O) groups is 1. The summed E-state index contributed by atoms with van der Waals surface area (Å²) in [7, 11) is -1.86. The number of ether oxygens (including phenoxy) is 1. The Hall–Kier alpha value is -2.17. The molecule has 1 saturated heterocycles. The van der Waals surface area contributed by atoms with Crippen molar-refractivity contribution >= 4 is 27.2 Å². The zero-order valence-corrected chi connectivity index (χ0v) is 17.1. The molecule has 2 fully saturated rings. The largest absolute Gasteiger partial charge is 0.508 e. The summed E-state index contributed by atoms with van der Waals surface area (Å²) in [6, 6.07) is 2.80. The predicted molar refractivity (Wildman–Crippen MR) is 106 cm³/mol. The number of aromatic nitrogens is 2. The second-order valence-corrected chi connectivity index (χ2v) is 9.92. The van der Waals surface area contributed by atoms with Crippen LogP contribution in [0.1, 0.15) is 38.3 Å². The molecule has 2 N–H and O–H groups in total. The van der Waals surface area contributed by atoms with Crippen LogP contribution in [-0.4, -0.2) is 60.2 Å². The van der Waals surface area contributed by atoms with Gasteiger partial charge in [0.1, 0.15) is 11.9 Å². The molecule has 1 saturated carbocycles. The first-order valence-electron chi connectivity index (χ1n) is 9.88. The van der Waals surface area contributed by atoms with E-state index in [1.807, 2.05) is 0 Å². The number of benzene rings is 1. The van der Waals surface area contributed by atoms with Crippen LogP contribution in [0.3, 0.4) is 0 Å². The van der Waals surface area contributed by atoms with Crippen LogP contribution in [0.5, 0.6) is 5.75 Å². The Kier molecular flexibility index (Phi) is 5.50. The molecule has 1 unspecified atom stereocenters. The number of phenols is 1. The minimum Gasteiger partial charge on any atom is -0.508 e. The molecule has 2 heterocycles. The minimum atomic E-state index is -3.51. The van der Waals surface area contributed by atoms with Crippen molar-refractivity contribution in [1.82, 2.24) is 20.2 Å². The van der Waals surface area contributed by atoms with E-state index in [9.17, 15) is 18.3 Å². The molecule has 4 rings (SSSR count). The fourth-order valence-electron chi connectivity index (χ4n) is 4.01. The number of fused-ring (bicyclic) bond motifs is 1. The molecule has 1 amide bonds. The SMILES string of the molecule is CNN(C=O)C(CC1CCOCC1)n1ncc2c(S(=O)(=O)C3CC3)cc(O)cc21. The lowest BCUT2D eigenvalue weighted by Gasteiger charge is -2.32. The lowest BCUT2D eigenvalue weighted by atomic mass is 9.95. The van der Waals surface area contributed by atoms with E-state index in [0.717, 1.165) is 12.8 Å². The molecule has 1 atom stereocenters. The average Bonchev–Trinajstić information content (AvgIpc) is 3.50. The number of hydrogen-bond acceptors (Lipinski definition) is 7. The number of rotatable bonds is 8. The van der Waals surface area contributed by atoms with Crippen molar-refractivity contribution < 1.29 is 23.1 Å². The molecule has 0 bridgehead atoms. The van der Waals surface area contributed by atoms with Crippen LogP contribution in [0, 0.1) is 5.92 Å². The van der Waals surface area contributed by atoms with E-state index in [1.54, 1.807) is 11.7 Å². The molecule has 29 heavy (non-hydrogen) atoms. The molecular weight excluding hydrogens is 396 g/mol. The molecule has 10 heteroatoms. The van der Waals surface area contributed by atoms with Crippen LogP contribution >= 0.6 is 0 Å². The number of nitrogens with one attached hydrogen (secondary N) is 1. The van der Waals surface area contributed by atoms with Gasteiger partial charge >= 0.3 is 0 Å². The first-order valence-corrected chi connectivity index (χ1v) is 11.4. The van der Waals surface area contributed by atoms with Crippen molar-refractivity contribution in [2.45, 2.75) is 48.4 Å². The molecular formula is C19H26N4O5S. The summed E-state index contributed by atoms with van der Waals surface area (Å²) in [6.45, 7) is 1.37. The van der Waals surface area contributed by atoms with Gasteiger partial charge in [-0.1, -0.05) is 0 Å². The number of sulfone groups is 1. The summed E-state index contributed by atoms with van der Waals surface area (Å²) < 4.78 is 32.8. The Balaban J connectivity index is 1.79. The Morgan fingerprint density at radius 3 is 2.69 bits per heavy atom. The van der Waals surface area contributed by atoms with Gasteiger partial charge in [-0.3, -0.25) is 9.80 Å². The van der Waals surface area contributed by atoms with Crippen LogP contribution in [0.4, 0.5) is 0 Å². The Bertz CT molecular complexity index is 995. The van der Waals surface area contributed by atoms with E-state index in [0.29, 0.717) is 55.7 Å². The van der Waals surface area contributed by atoms with Crippen molar-refractivity contribution in [3.8, 4) is 5.75 Å². The highest BCUT2D eigenvalue weighted by atomic mass is 32.2. The highest BCUT2D eigenvalue weighted by Gasteiger charge is 2.39. The lowest BCUT2D eigenvalue weighted by molar-refractivity contribution is -0.126. The summed E-state index contributed by atoms with van der Waals surface area (Å²) in [6.07, 6.45) is 5.44. The summed E-state index contributed by atoms with van der Waals surface area (Å²) >= 11 is 0. The molecule has 1 aliphatic heterocycles. The van der Waals surface area contributed by atoms with Crippen molar-refractivity contribution in [2.24, 2.45) is 5.92 Å². The van der Waals surface area contributed by atoms with Gasteiger partial charge in [-0.2, -0.15) is 5.10 Å². The zero-order valence-electron chi connectivity index (χ0n) is 16.3. The molecule has 0 radical (unpaired) electrons. The van der Waals surface area contributed by atoms with Crippen molar-refractivity contribution in [2.75, 3.05) is 20.3 Å². The predicted octanol–water partition coefficient (Wildman–Crippen LogP) is 1.59. The minimum absolute atomic E-state index is 0.105. The van der Waals surface area contributed by atoms with Crippen molar-refractivity contribution in [1.29, 1.82) is 0 Å². The summed E-state index contributed by atoms with van der Waals surface area (Å²) in [4.78, 5) is 11.8. The Morgan fingerprint density at radius 1 is 1.34 bits per heavy atom. The second kappa shape index (κ2) is 7.92. The third kappa shape index (κ3) is 3.84. The molecule has 0 spiro atoms. The van der Waals surface area contributed by atoms with Gasteiger partial charge in [-0.05, 0) is 44.1 Å². The normalized spacial score (nSPS) is 19.3. The van der Waals surface area contributed by atoms with E-state index in [-0.39, 0.29) is 10.6 Å². The van der Waals surface area contributed by atoms with Gasteiger partial charge < -0.3 is 9.84 Å². The zero-order chi connectivity index (χ0) is 20.6. The second-order valence-electron chi connectivity index (χ2n) is 7.72. The summed E-state index contributed by atoms with van der Waals surface area (Å²) in [5.74, 6) is 0.209. The quantitative estimate of drug-likeness (QED) is 0.490. The van der Waals surface area contributed by atoms with Gasteiger partial charge in [0, 0.05) is 31.7 Å². The van der Waals surface area contributed by atoms with Gasteiger partial charge in [-0.15, -0.1) is 0 Å². The van der Waals surface area contributed by atoms with Gasteiger partial charge in [0.05, 0.1) is 21.9 Å². The molecule has 2 aliphatic rings. The molecule has 1 aromatic carbocycles. The van der Waals surface area contributed by atoms with Crippen LogP contribution in [-0.2, 0) is 19.4 Å². The van der Waals surface area contributed by atoms with E-state index in [1.165, 1.54) is 23.3 Å². The maximum Gasteiger partial charge on any atom is 0.225 e. The number of aromatic hydroxyl groups is 1. The highest BCUT2D eigenvalue weighted by molar-refractivity contribution is 7.92. The maximum absolute atomic E-state index is 12.9. The maximum atomic E-state index is 12.9. The van der Waals surface area contributed by atoms with Gasteiger partial charge in [-0.25, -0.2) is 18.5 Å². The van der Waals surface area contributed by atoms with E-state index in [2.05, 4.69) is 10.5 Å². The van der Waals surface area contributed by atoms with Crippen molar-refractivity contribution in [3.05, 3.63) is 18.3 Å². The topological polar surface area (TPSA) is 114 Å². The van der Waals surface area contributed by atoms with Crippen LogP contribution in [0.15, 0.2) is 23.2 Å². The number of carbonyl (C=O) groups excluding carboxylic acids is 1. The third-order valence-corrected chi connectivity index (χ3v) is 8.09. The van der Waals surface area contributed by atoms with E-state index in [4.69, 9.17) is 4.74 Å². The Labute approximate surface area is 169 Å². The van der Waals surface area contributed by atoms with Crippen LogP contribution in [0.25, 0.3) is 10.9 Å². The number of phenolic OH excluding ortho intramolecular Hbond substituents is 1. The number of hydrazine groups is 1. The van der Waals surface area contributed by atoms with Gasteiger partial charge in [0.2, 0.25) is 6.41 Å². The van der Waals surface area contributed by atoms with Crippen LogP contribution < -0.4 is 5.43 Å². The number of amides is 1. The fraction of sp³-hybridized carbons (Fsp3) is 0.579. The van der Waals surface area contributed by atoms with E-state index >= 15 is 0 Å². The first-order chi connectivity index (χ1) is 14.0. The third-order valence-electron chi connectivity index (χ3n) is 5.79. The van der Waals surface area contributed by atoms with Gasteiger partial charge in [0.15, 0.2) is 9.84 Å². The molecule has 9 nitrogen and oxygen atoms in total. The average molecular weight is 423 g/mol. The summed E-state index contributed by atoms with van der Waals surface area (Å²) in [5, 5.41) is 16.2. The Morgan fingerprint density at radius 2 is 2.07 bits per heavy atom. The lowest BCUT2D eigenvalue weighted by Crippen LogP contribution is -2.41. The van der Waals surface area contributed by atoms with E-state index < -0.39 is 21.3 Å². The van der Waals surface area contributed by atoms with Crippen molar-refractivity contribution in [3.63, 3.8) is 0 Å². The molecule has 1 aromatic heterocycles. The molecule has 158 valence electrons. The summed E-state index contributed by atoms with van der Waals surface area (Å²) in [5.41, 5.74) is 3.36. The fourth-order valence-corrected chi connectivity index (χ4v) is 5.88. The number of nitrogens with zero attached hydrogens (tertiary/aromatic N) is 3. The highest BCUT2D eigenvalue weighted by Crippen LogP contribution is 2.39. The standard InChI is InChI=1S/C19H26N4O5S/c1-20-22(12-24)19(8-13-4-6-28-7-5-13)23-17-9-14(25)10-18(16(17)11-21-23)29(26,27)15-2-3-15/h9-13,15,19-20,25H,2-8H2,1H3.